The van der Waals surface area contributed by atoms with Crippen molar-refractivity contribution in [2.24, 2.45) is 0 Å². The highest BCUT2D eigenvalue weighted by Crippen LogP contribution is 2.32. The molecule has 0 atom stereocenters. The van der Waals surface area contributed by atoms with Crippen LogP contribution in [0.3, 0.4) is 0 Å². The molecule has 5 nitrogen and oxygen atoms in total. The fourth-order valence-electron chi connectivity index (χ4n) is 1.98. The Morgan fingerprint density at radius 3 is 2.73 bits per heavy atom. The SMILES string of the molecule is O=C(COc1ccc(F)cc1)NCc1ccc2c(c1)OCO2. The van der Waals surface area contributed by atoms with E-state index in [1.54, 1.807) is 6.07 Å². The number of benzene rings is 2. The Hall–Kier alpha value is -2.76. The second-order valence-corrected chi connectivity index (χ2v) is 4.71. The molecule has 0 unspecified atom stereocenters. The third-order valence-electron chi connectivity index (χ3n) is 3.11. The molecule has 22 heavy (non-hydrogen) atoms. The summed E-state index contributed by atoms with van der Waals surface area (Å²) < 4.78 is 28.5. The van der Waals surface area contributed by atoms with E-state index >= 15 is 0 Å². The van der Waals surface area contributed by atoms with Crippen molar-refractivity contribution >= 4 is 5.91 Å². The van der Waals surface area contributed by atoms with Crippen molar-refractivity contribution in [3.8, 4) is 17.2 Å². The summed E-state index contributed by atoms with van der Waals surface area (Å²) in [6, 6.07) is 11.0. The fourth-order valence-corrected chi connectivity index (χ4v) is 1.98. The van der Waals surface area contributed by atoms with E-state index in [1.165, 1.54) is 24.3 Å². The second kappa shape index (κ2) is 6.34. The number of carbonyl (C=O) groups is 1. The fraction of sp³-hybridized carbons (Fsp3) is 0.188. The molecule has 0 bridgehead atoms. The molecule has 3 rings (SSSR count). The monoisotopic (exact) mass is 303 g/mol. The van der Waals surface area contributed by atoms with Crippen LogP contribution in [0.15, 0.2) is 42.5 Å². The lowest BCUT2D eigenvalue weighted by atomic mass is 10.2. The van der Waals surface area contributed by atoms with Crippen molar-refractivity contribution in [2.45, 2.75) is 6.54 Å². The Balaban J connectivity index is 1.47. The lowest BCUT2D eigenvalue weighted by molar-refractivity contribution is -0.123. The molecule has 114 valence electrons. The smallest absolute Gasteiger partial charge is 0.258 e. The zero-order chi connectivity index (χ0) is 15.4. The second-order valence-electron chi connectivity index (χ2n) is 4.71. The summed E-state index contributed by atoms with van der Waals surface area (Å²) in [7, 11) is 0. The summed E-state index contributed by atoms with van der Waals surface area (Å²) in [4.78, 5) is 11.7. The Morgan fingerprint density at radius 2 is 1.91 bits per heavy atom. The van der Waals surface area contributed by atoms with Gasteiger partial charge in [0.05, 0.1) is 0 Å². The molecule has 6 heteroatoms. The van der Waals surface area contributed by atoms with Gasteiger partial charge in [-0.3, -0.25) is 4.79 Å². The van der Waals surface area contributed by atoms with Gasteiger partial charge >= 0.3 is 0 Å². The highest BCUT2D eigenvalue weighted by atomic mass is 19.1. The Labute approximate surface area is 126 Å². The highest BCUT2D eigenvalue weighted by Gasteiger charge is 2.13. The Morgan fingerprint density at radius 1 is 1.14 bits per heavy atom. The number of ether oxygens (including phenoxy) is 3. The maximum absolute atomic E-state index is 12.7. The van der Waals surface area contributed by atoms with E-state index in [0.29, 0.717) is 23.8 Å². The molecule has 0 aromatic heterocycles. The van der Waals surface area contributed by atoms with Crippen LogP contribution in [-0.2, 0) is 11.3 Å². The van der Waals surface area contributed by atoms with Crippen LogP contribution in [0.4, 0.5) is 4.39 Å². The van der Waals surface area contributed by atoms with E-state index in [2.05, 4.69) is 5.32 Å². The van der Waals surface area contributed by atoms with Gasteiger partial charge in [-0.05, 0) is 42.0 Å². The zero-order valence-electron chi connectivity index (χ0n) is 11.7. The molecule has 0 spiro atoms. The van der Waals surface area contributed by atoms with E-state index in [1.807, 2.05) is 12.1 Å². The van der Waals surface area contributed by atoms with Crippen LogP contribution in [0.2, 0.25) is 0 Å². The number of nitrogens with one attached hydrogen (secondary N) is 1. The van der Waals surface area contributed by atoms with E-state index in [9.17, 15) is 9.18 Å². The number of fused-ring (bicyclic) bond motifs is 1. The van der Waals surface area contributed by atoms with E-state index in [0.717, 1.165) is 5.56 Å². The van der Waals surface area contributed by atoms with Crippen LogP contribution in [0, 0.1) is 5.82 Å². The normalized spacial score (nSPS) is 12.0. The van der Waals surface area contributed by atoms with Crippen LogP contribution < -0.4 is 19.5 Å². The van der Waals surface area contributed by atoms with Crippen molar-refractivity contribution < 1.29 is 23.4 Å². The average molecular weight is 303 g/mol. The first kappa shape index (κ1) is 14.2. The van der Waals surface area contributed by atoms with Crippen LogP contribution in [-0.4, -0.2) is 19.3 Å². The molecule has 2 aromatic carbocycles. The maximum atomic E-state index is 12.7. The van der Waals surface area contributed by atoms with Gasteiger partial charge in [-0.15, -0.1) is 0 Å². The maximum Gasteiger partial charge on any atom is 0.258 e. The number of amides is 1. The van der Waals surface area contributed by atoms with Crippen LogP contribution >= 0.6 is 0 Å². The predicted octanol–water partition coefficient (Wildman–Crippen LogP) is 2.25. The molecule has 1 aliphatic rings. The summed E-state index contributed by atoms with van der Waals surface area (Å²) in [6.45, 7) is 0.453. The molecule has 1 N–H and O–H groups in total. The van der Waals surface area contributed by atoms with Gasteiger partial charge in [-0.2, -0.15) is 0 Å². The molecule has 0 saturated heterocycles. The van der Waals surface area contributed by atoms with Gasteiger partial charge in [0.15, 0.2) is 18.1 Å². The minimum atomic E-state index is -0.348. The lowest BCUT2D eigenvalue weighted by Gasteiger charge is -2.08. The summed E-state index contributed by atoms with van der Waals surface area (Å²) in [5.74, 6) is 1.21. The van der Waals surface area contributed by atoms with Gasteiger partial charge < -0.3 is 19.5 Å². The van der Waals surface area contributed by atoms with Crippen LogP contribution in [0.5, 0.6) is 17.2 Å². The first-order valence-electron chi connectivity index (χ1n) is 6.74. The summed E-state index contributed by atoms with van der Waals surface area (Å²) in [5, 5.41) is 2.74. The van der Waals surface area contributed by atoms with Gasteiger partial charge in [0.2, 0.25) is 6.79 Å². The molecule has 0 aliphatic carbocycles. The van der Waals surface area contributed by atoms with Crippen molar-refractivity contribution in [2.75, 3.05) is 13.4 Å². The van der Waals surface area contributed by atoms with Crippen molar-refractivity contribution in [3.63, 3.8) is 0 Å². The molecule has 0 radical (unpaired) electrons. The summed E-state index contributed by atoms with van der Waals surface area (Å²) in [5.41, 5.74) is 0.902. The van der Waals surface area contributed by atoms with E-state index < -0.39 is 0 Å². The molecule has 1 heterocycles. The Bertz CT molecular complexity index is 672. The molecular formula is C16H14FNO4. The minimum Gasteiger partial charge on any atom is -0.484 e. The van der Waals surface area contributed by atoms with Gasteiger partial charge in [-0.25, -0.2) is 4.39 Å². The number of halogens is 1. The average Bonchev–Trinajstić information content (AvgIpc) is 3.00. The van der Waals surface area contributed by atoms with E-state index in [-0.39, 0.29) is 25.1 Å². The highest BCUT2D eigenvalue weighted by molar-refractivity contribution is 5.77. The zero-order valence-corrected chi connectivity index (χ0v) is 11.7. The van der Waals surface area contributed by atoms with Gasteiger partial charge in [0.25, 0.3) is 5.91 Å². The van der Waals surface area contributed by atoms with Gasteiger partial charge in [0.1, 0.15) is 11.6 Å². The lowest BCUT2D eigenvalue weighted by Crippen LogP contribution is -2.28. The van der Waals surface area contributed by atoms with Crippen molar-refractivity contribution in [3.05, 3.63) is 53.8 Å². The van der Waals surface area contributed by atoms with Gasteiger partial charge in [-0.1, -0.05) is 6.07 Å². The molecule has 2 aromatic rings. The molecule has 1 amide bonds. The molecule has 0 fully saturated rings. The van der Waals surface area contributed by atoms with Crippen LogP contribution in [0.25, 0.3) is 0 Å². The number of carbonyl (C=O) groups excluding carboxylic acids is 1. The standard InChI is InChI=1S/C16H14FNO4/c17-12-2-4-13(5-3-12)20-9-16(19)18-8-11-1-6-14-15(7-11)22-10-21-14/h1-7H,8-10H2,(H,18,19). The van der Waals surface area contributed by atoms with Crippen LogP contribution in [0.1, 0.15) is 5.56 Å². The molecule has 0 saturated carbocycles. The number of rotatable bonds is 5. The third kappa shape index (κ3) is 3.46. The topological polar surface area (TPSA) is 56.8 Å². The van der Waals surface area contributed by atoms with Crippen molar-refractivity contribution in [1.29, 1.82) is 0 Å². The quantitative estimate of drug-likeness (QED) is 0.920. The number of hydrogen-bond acceptors (Lipinski definition) is 4. The van der Waals surface area contributed by atoms with Crippen molar-refractivity contribution in [1.82, 2.24) is 5.32 Å². The Kier molecular flexibility index (Phi) is 4.09. The number of hydrogen-bond donors (Lipinski definition) is 1. The minimum absolute atomic E-state index is 0.129. The third-order valence-corrected chi connectivity index (χ3v) is 3.11. The molecular weight excluding hydrogens is 289 g/mol. The predicted molar refractivity (Wildman–Crippen MR) is 76.3 cm³/mol. The van der Waals surface area contributed by atoms with E-state index in [4.69, 9.17) is 14.2 Å². The summed E-state index contributed by atoms with van der Waals surface area (Å²) in [6.07, 6.45) is 0. The largest absolute Gasteiger partial charge is 0.484 e. The first-order valence-corrected chi connectivity index (χ1v) is 6.74. The summed E-state index contributed by atoms with van der Waals surface area (Å²) >= 11 is 0. The van der Waals surface area contributed by atoms with Gasteiger partial charge in [0, 0.05) is 6.54 Å². The first-order chi connectivity index (χ1) is 10.7. The molecule has 1 aliphatic heterocycles.